The van der Waals surface area contributed by atoms with Gasteiger partial charge in [-0.25, -0.2) is 4.79 Å². The fourth-order valence-electron chi connectivity index (χ4n) is 0.988. The molecule has 0 radical (unpaired) electrons. The van der Waals surface area contributed by atoms with Crippen molar-refractivity contribution >= 4 is 17.4 Å². The summed E-state index contributed by atoms with van der Waals surface area (Å²) in [6.07, 6.45) is 0. The van der Waals surface area contributed by atoms with E-state index >= 15 is 0 Å². The first-order valence-corrected chi connectivity index (χ1v) is 5.58. The number of thiophene rings is 1. The van der Waals surface area contributed by atoms with Gasteiger partial charge in [0.25, 0.3) is 0 Å². The smallest absolute Gasteiger partial charge is 0.317 e. The molecule has 0 bridgehead atoms. The third-order valence-corrected chi connectivity index (χ3v) is 2.77. The SMILES string of the molecule is CN(C)C(=O)NCc1ccc(C#CCO)s1. The Morgan fingerprint density at radius 3 is 2.94 bits per heavy atom. The highest BCUT2D eigenvalue weighted by Gasteiger charge is 2.03. The molecule has 1 rings (SSSR count). The van der Waals surface area contributed by atoms with E-state index in [4.69, 9.17) is 5.11 Å². The summed E-state index contributed by atoms with van der Waals surface area (Å²) in [6, 6.07) is 3.68. The Morgan fingerprint density at radius 1 is 1.56 bits per heavy atom. The first-order valence-electron chi connectivity index (χ1n) is 4.77. The molecule has 0 aliphatic rings. The van der Waals surface area contributed by atoms with Crippen LogP contribution in [-0.2, 0) is 6.54 Å². The molecule has 0 saturated heterocycles. The molecule has 0 saturated carbocycles. The van der Waals surface area contributed by atoms with Gasteiger partial charge in [0, 0.05) is 19.0 Å². The zero-order valence-corrected chi connectivity index (χ0v) is 10.1. The molecule has 1 aromatic heterocycles. The highest BCUT2D eigenvalue weighted by Crippen LogP contribution is 2.14. The lowest BCUT2D eigenvalue weighted by Crippen LogP contribution is -2.33. The number of hydrogen-bond acceptors (Lipinski definition) is 3. The molecule has 0 fully saturated rings. The van der Waals surface area contributed by atoms with Crippen LogP contribution < -0.4 is 5.32 Å². The van der Waals surface area contributed by atoms with Crippen molar-refractivity contribution < 1.29 is 9.90 Å². The maximum atomic E-state index is 11.3. The number of nitrogens with zero attached hydrogens (tertiary/aromatic N) is 1. The molecule has 0 atom stereocenters. The lowest BCUT2D eigenvalue weighted by molar-refractivity contribution is 0.217. The van der Waals surface area contributed by atoms with E-state index in [9.17, 15) is 4.79 Å². The average Bonchev–Trinajstić information content (AvgIpc) is 2.70. The normalized spacial score (nSPS) is 9.19. The quantitative estimate of drug-likeness (QED) is 0.751. The molecule has 16 heavy (non-hydrogen) atoms. The van der Waals surface area contributed by atoms with E-state index < -0.39 is 0 Å². The molecular formula is C11H14N2O2S. The molecule has 5 heteroatoms. The molecule has 0 unspecified atom stereocenters. The fourth-order valence-corrected chi connectivity index (χ4v) is 1.81. The molecule has 4 nitrogen and oxygen atoms in total. The van der Waals surface area contributed by atoms with E-state index in [1.165, 1.54) is 16.2 Å². The first-order chi connectivity index (χ1) is 7.63. The van der Waals surface area contributed by atoms with Crippen molar-refractivity contribution in [1.29, 1.82) is 0 Å². The van der Waals surface area contributed by atoms with Crippen LogP contribution in [0.15, 0.2) is 12.1 Å². The van der Waals surface area contributed by atoms with Crippen LogP contribution in [0, 0.1) is 11.8 Å². The van der Waals surface area contributed by atoms with Crippen molar-refractivity contribution in [1.82, 2.24) is 10.2 Å². The molecule has 0 aliphatic heterocycles. The zero-order chi connectivity index (χ0) is 12.0. The standard InChI is InChI=1S/C11H14N2O2S/c1-13(2)11(15)12-8-10-6-5-9(16-10)4-3-7-14/h5-6,14H,7-8H2,1-2H3,(H,12,15). The summed E-state index contributed by atoms with van der Waals surface area (Å²) in [5.74, 6) is 5.40. The third-order valence-electron chi connectivity index (χ3n) is 1.77. The number of hydrogen-bond donors (Lipinski definition) is 2. The number of carbonyl (C=O) groups excluding carboxylic acids is 1. The van der Waals surface area contributed by atoms with Crippen LogP contribution in [-0.4, -0.2) is 36.7 Å². The molecule has 86 valence electrons. The Balaban J connectivity index is 2.49. The number of rotatable bonds is 2. The van der Waals surface area contributed by atoms with Gasteiger partial charge in [0.1, 0.15) is 6.61 Å². The second kappa shape index (κ2) is 6.16. The molecule has 0 spiro atoms. The Bertz CT molecular complexity index is 415. The molecule has 1 aromatic rings. The lowest BCUT2D eigenvalue weighted by atomic mass is 10.4. The van der Waals surface area contributed by atoms with Gasteiger partial charge in [0.05, 0.1) is 11.4 Å². The highest BCUT2D eigenvalue weighted by molar-refractivity contribution is 7.12. The van der Waals surface area contributed by atoms with Crippen LogP contribution in [0.25, 0.3) is 0 Å². The van der Waals surface area contributed by atoms with Crippen LogP contribution in [0.1, 0.15) is 9.75 Å². The maximum Gasteiger partial charge on any atom is 0.317 e. The van der Waals surface area contributed by atoms with Crippen molar-refractivity contribution in [3.63, 3.8) is 0 Å². The minimum atomic E-state index is -0.134. The van der Waals surface area contributed by atoms with E-state index in [1.54, 1.807) is 14.1 Å². The molecule has 2 N–H and O–H groups in total. The second-order valence-electron chi connectivity index (χ2n) is 3.28. The van der Waals surface area contributed by atoms with E-state index in [1.807, 2.05) is 12.1 Å². The summed E-state index contributed by atoms with van der Waals surface area (Å²) < 4.78 is 0. The third kappa shape index (κ3) is 3.93. The van der Waals surface area contributed by atoms with E-state index in [0.717, 1.165) is 9.75 Å². The summed E-state index contributed by atoms with van der Waals surface area (Å²) in [5, 5.41) is 11.3. The molecule has 1 heterocycles. The van der Waals surface area contributed by atoms with Gasteiger partial charge in [-0.3, -0.25) is 0 Å². The molecule has 0 aliphatic carbocycles. The van der Waals surface area contributed by atoms with Crippen molar-refractivity contribution in [3.8, 4) is 11.8 Å². The van der Waals surface area contributed by atoms with Gasteiger partial charge in [0.15, 0.2) is 0 Å². The first kappa shape index (κ1) is 12.6. The number of carbonyl (C=O) groups is 1. The number of amides is 2. The van der Waals surface area contributed by atoms with Gasteiger partial charge < -0.3 is 15.3 Å². The largest absolute Gasteiger partial charge is 0.384 e. The van der Waals surface area contributed by atoms with Gasteiger partial charge in [-0.2, -0.15) is 0 Å². The topological polar surface area (TPSA) is 52.6 Å². The van der Waals surface area contributed by atoms with Crippen LogP contribution in [0.2, 0.25) is 0 Å². The predicted molar refractivity (Wildman–Crippen MR) is 64.2 cm³/mol. The lowest BCUT2D eigenvalue weighted by Gasteiger charge is -2.10. The summed E-state index contributed by atoms with van der Waals surface area (Å²) in [7, 11) is 3.39. The van der Waals surface area contributed by atoms with Gasteiger partial charge in [-0.05, 0) is 12.1 Å². The van der Waals surface area contributed by atoms with Crippen LogP contribution in [0.5, 0.6) is 0 Å². The Kier molecular flexibility index (Phi) is 4.83. The van der Waals surface area contributed by atoms with Gasteiger partial charge in [-0.1, -0.05) is 11.8 Å². The maximum absolute atomic E-state index is 11.3. The monoisotopic (exact) mass is 238 g/mol. The Hall–Kier alpha value is -1.51. The van der Waals surface area contributed by atoms with E-state index in [2.05, 4.69) is 17.2 Å². The molecule has 2 amide bonds. The Labute approximate surface area is 98.9 Å². The Morgan fingerprint density at radius 2 is 2.31 bits per heavy atom. The summed E-state index contributed by atoms with van der Waals surface area (Å²) in [6.45, 7) is 0.368. The highest BCUT2D eigenvalue weighted by atomic mass is 32.1. The van der Waals surface area contributed by atoms with Gasteiger partial charge >= 0.3 is 6.03 Å². The van der Waals surface area contributed by atoms with Crippen molar-refractivity contribution in [2.24, 2.45) is 0 Å². The number of nitrogens with one attached hydrogen (secondary N) is 1. The second-order valence-corrected chi connectivity index (χ2v) is 4.45. The van der Waals surface area contributed by atoms with Crippen molar-refractivity contribution in [2.45, 2.75) is 6.54 Å². The summed E-state index contributed by atoms with van der Waals surface area (Å²) >= 11 is 1.51. The van der Waals surface area contributed by atoms with E-state index in [-0.39, 0.29) is 12.6 Å². The summed E-state index contributed by atoms with van der Waals surface area (Å²) in [5.41, 5.74) is 0. The average molecular weight is 238 g/mol. The minimum absolute atomic E-state index is 0.114. The minimum Gasteiger partial charge on any atom is -0.384 e. The van der Waals surface area contributed by atoms with Crippen LogP contribution in [0.3, 0.4) is 0 Å². The summed E-state index contributed by atoms with van der Waals surface area (Å²) in [4.78, 5) is 14.7. The molecular weight excluding hydrogens is 224 g/mol. The van der Waals surface area contributed by atoms with Crippen molar-refractivity contribution in [2.75, 3.05) is 20.7 Å². The van der Waals surface area contributed by atoms with Crippen molar-refractivity contribution in [3.05, 3.63) is 21.9 Å². The van der Waals surface area contributed by atoms with E-state index in [0.29, 0.717) is 6.54 Å². The van der Waals surface area contributed by atoms with Crippen LogP contribution in [0.4, 0.5) is 4.79 Å². The number of aliphatic hydroxyl groups is 1. The van der Waals surface area contributed by atoms with Gasteiger partial charge in [0.2, 0.25) is 0 Å². The zero-order valence-electron chi connectivity index (χ0n) is 9.28. The van der Waals surface area contributed by atoms with Crippen LogP contribution >= 0.6 is 11.3 Å². The number of urea groups is 1. The number of aliphatic hydroxyl groups excluding tert-OH is 1. The molecule has 0 aromatic carbocycles. The predicted octanol–water partition coefficient (Wildman–Crippen LogP) is 0.863. The van der Waals surface area contributed by atoms with Gasteiger partial charge in [-0.15, -0.1) is 11.3 Å². The fraction of sp³-hybridized carbons (Fsp3) is 0.364.